The Morgan fingerprint density at radius 2 is 1.61 bits per heavy atom. The molecule has 0 aliphatic heterocycles. The first-order chi connectivity index (χ1) is 11.2. The van der Waals surface area contributed by atoms with Gasteiger partial charge < -0.3 is 5.32 Å². The monoisotopic (exact) mass is 327 g/mol. The molecule has 2 aromatic rings. The molecule has 1 aliphatic rings. The number of benzene rings is 2. The van der Waals surface area contributed by atoms with E-state index in [0.717, 1.165) is 37.8 Å². The second-order valence-electron chi connectivity index (χ2n) is 6.40. The number of hydrogen-bond acceptors (Lipinski definition) is 1. The molecule has 0 aromatic heterocycles. The first-order valence-corrected chi connectivity index (χ1v) is 8.69. The normalized spacial score (nSPS) is 20.9. The Balaban J connectivity index is 1.48. The fourth-order valence-corrected chi connectivity index (χ4v) is 3.48. The summed E-state index contributed by atoms with van der Waals surface area (Å²) in [6.07, 6.45) is 5.36. The van der Waals surface area contributed by atoms with Crippen LogP contribution in [0.4, 0.5) is 5.69 Å². The molecule has 0 saturated heterocycles. The van der Waals surface area contributed by atoms with Gasteiger partial charge in [0.2, 0.25) is 5.91 Å². The fraction of sp³-hybridized carbons (Fsp3) is 0.350. The van der Waals surface area contributed by atoms with E-state index in [2.05, 4.69) is 35.6 Å². The average molecular weight is 328 g/mol. The lowest BCUT2D eigenvalue weighted by atomic mass is 9.79. The average Bonchev–Trinajstić information content (AvgIpc) is 2.58. The van der Waals surface area contributed by atoms with E-state index >= 15 is 0 Å². The molecule has 0 radical (unpaired) electrons. The number of halogens is 1. The maximum Gasteiger partial charge on any atom is 0.227 e. The van der Waals surface area contributed by atoms with Crippen LogP contribution in [0.3, 0.4) is 0 Å². The van der Waals surface area contributed by atoms with Crippen molar-refractivity contribution in [3.8, 4) is 0 Å². The summed E-state index contributed by atoms with van der Waals surface area (Å²) in [4.78, 5) is 12.4. The minimum Gasteiger partial charge on any atom is -0.326 e. The zero-order chi connectivity index (χ0) is 16.1. The van der Waals surface area contributed by atoms with E-state index in [-0.39, 0.29) is 11.8 Å². The van der Waals surface area contributed by atoms with Crippen LogP contribution in [-0.4, -0.2) is 5.91 Å². The Kier molecular flexibility index (Phi) is 5.35. The van der Waals surface area contributed by atoms with Crippen molar-refractivity contribution in [2.45, 2.75) is 32.1 Å². The largest absolute Gasteiger partial charge is 0.326 e. The number of carbonyl (C=O) groups is 1. The van der Waals surface area contributed by atoms with Crippen molar-refractivity contribution < 1.29 is 4.79 Å². The van der Waals surface area contributed by atoms with Crippen molar-refractivity contribution in [1.82, 2.24) is 0 Å². The third kappa shape index (κ3) is 4.59. The van der Waals surface area contributed by atoms with Gasteiger partial charge in [-0.05, 0) is 67.9 Å². The number of hydrogen-bond donors (Lipinski definition) is 1. The van der Waals surface area contributed by atoms with E-state index in [0.29, 0.717) is 10.9 Å². The molecule has 0 heterocycles. The van der Waals surface area contributed by atoms with E-state index in [4.69, 9.17) is 11.6 Å². The lowest BCUT2D eigenvalue weighted by Crippen LogP contribution is -2.27. The topological polar surface area (TPSA) is 29.1 Å². The molecule has 23 heavy (non-hydrogen) atoms. The highest BCUT2D eigenvalue weighted by Crippen LogP contribution is 2.31. The molecule has 2 aromatic carbocycles. The zero-order valence-electron chi connectivity index (χ0n) is 13.2. The van der Waals surface area contributed by atoms with Gasteiger partial charge in [-0.25, -0.2) is 0 Å². The Morgan fingerprint density at radius 1 is 0.957 bits per heavy atom. The third-order valence-electron chi connectivity index (χ3n) is 4.70. The van der Waals surface area contributed by atoms with E-state index in [1.807, 2.05) is 12.1 Å². The van der Waals surface area contributed by atoms with Crippen LogP contribution >= 0.6 is 11.6 Å². The highest BCUT2D eigenvalue weighted by Gasteiger charge is 2.26. The summed E-state index contributed by atoms with van der Waals surface area (Å²) < 4.78 is 0. The van der Waals surface area contributed by atoms with Crippen molar-refractivity contribution in [2.75, 3.05) is 5.32 Å². The molecule has 1 N–H and O–H groups in total. The van der Waals surface area contributed by atoms with Gasteiger partial charge in [-0.15, -0.1) is 0 Å². The Bertz CT molecular complexity index is 630. The molecule has 1 aliphatic carbocycles. The van der Waals surface area contributed by atoms with Gasteiger partial charge >= 0.3 is 0 Å². The van der Waals surface area contributed by atoms with Crippen LogP contribution in [-0.2, 0) is 11.2 Å². The second-order valence-corrected chi connectivity index (χ2v) is 6.84. The molecule has 1 fully saturated rings. The Hall–Kier alpha value is -1.80. The highest BCUT2D eigenvalue weighted by atomic mass is 35.5. The van der Waals surface area contributed by atoms with Gasteiger partial charge in [0.15, 0.2) is 0 Å². The van der Waals surface area contributed by atoms with Crippen molar-refractivity contribution in [3.05, 3.63) is 65.2 Å². The number of rotatable bonds is 4. The standard InChI is InChI=1S/C20H22ClNO/c21-18-10-12-19(13-11-18)22-20(23)17-8-6-16(7-9-17)14-15-4-2-1-3-5-15/h1-5,10-13,16-17H,6-9,14H2,(H,22,23). The molecule has 0 spiro atoms. The lowest BCUT2D eigenvalue weighted by Gasteiger charge is -2.27. The highest BCUT2D eigenvalue weighted by molar-refractivity contribution is 6.30. The Morgan fingerprint density at radius 3 is 2.26 bits per heavy atom. The fourth-order valence-electron chi connectivity index (χ4n) is 3.35. The van der Waals surface area contributed by atoms with Gasteiger partial charge in [-0.3, -0.25) is 4.79 Å². The molecule has 0 atom stereocenters. The summed E-state index contributed by atoms with van der Waals surface area (Å²) in [6.45, 7) is 0. The van der Waals surface area contributed by atoms with Crippen LogP contribution in [0.5, 0.6) is 0 Å². The van der Waals surface area contributed by atoms with E-state index in [1.165, 1.54) is 5.56 Å². The van der Waals surface area contributed by atoms with E-state index in [9.17, 15) is 4.79 Å². The first-order valence-electron chi connectivity index (χ1n) is 8.31. The zero-order valence-corrected chi connectivity index (χ0v) is 13.9. The lowest BCUT2D eigenvalue weighted by molar-refractivity contribution is -0.121. The maximum atomic E-state index is 12.4. The molecular weight excluding hydrogens is 306 g/mol. The van der Waals surface area contributed by atoms with Gasteiger partial charge in [0, 0.05) is 16.6 Å². The molecule has 0 unspecified atom stereocenters. The molecule has 3 heteroatoms. The van der Waals surface area contributed by atoms with E-state index < -0.39 is 0 Å². The van der Waals surface area contributed by atoms with Crippen LogP contribution in [0.2, 0.25) is 5.02 Å². The predicted molar refractivity (Wildman–Crippen MR) is 95.7 cm³/mol. The van der Waals surface area contributed by atoms with Gasteiger partial charge in [0.25, 0.3) is 0 Å². The summed E-state index contributed by atoms with van der Waals surface area (Å²) in [7, 11) is 0. The minimum atomic E-state index is 0.137. The van der Waals surface area contributed by atoms with Crippen LogP contribution in [0, 0.1) is 11.8 Å². The molecular formula is C20H22ClNO. The van der Waals surface area contributed by atoms with Crippen molar-refractivity contribution in [2.24, 2.45) is 11.8 Å². The summed E-state index contributed by atoms with van der Waals surface area (Å²) in [6, 6.07) is 17.9. The van der Waals surface area contributed by atoms with Crippen LogP contribution in [0.25, 0.3) is 0 Å². The molecule has 0 bridgehead atoms. The van der Waals surface area contributed by atoms with Gasteiger partial charge in [0.1, 0.15) is 0 Å². The Labute approximate surface area is 142 Å². The molecule has 3 rings (SSSR count). The van der Waals surface area contributed by atoms with Crippen molar-refractivity contribution >= 4 is 23.2 Å². The first kappa shape index (κ1) is 16.1. The number of carbonyl (C=O) groups excluding carboxylic acids is 1. The van der Waals surface area contributed by atoms with Crippen LogP contribution in [0.15, 0.2) is 54.6 Å². The molecule has 2 nitrogen and oxygen atoms in total. The number of amides is 1. The minimum absolute atomic E-state index is 0.137. The van der Waals surface area contributed by atoms with Crippen molar-refractivity contribution in [1.29, 1.82) is 0 Å². The van der Waals surface area contributed by atoms with Crippen LogP contribution in [0.1, 0.15) is 31.2 Å². The smallest absolute Gasteiger partial charge is 0.227 e. The quantitative estimate of drug-likeness (QED) is 0.808. The summed E-state index contributed by atoms with van der Waals surface area (Å²) in [5.41, 5.74) is 2.23. The number of anilines is 1. The molecule has 1 saturated carbocycles. The van der Waals surface area contributed by atoms with Gasteiger partial charge in [0.05, 0.1) is 0 Å². The summed E-state index contributed by atoms with van der Waals surface area (Å²) >= 11 is 5.87. The third-order valence-corrected chi connectivity index (χ3v) is 4.95. The van der Waals surface area contributed by atoms with Gasteiger partial charge in [-0.1, -0.05) is 41.9 Å². The van der Waals surface area contributed by atoms with Gasteiger partial charge in [-0.2, -0.15) is 0 Å². The second kappa shape index (κ2) is 7.65. The van der Waals surface area contributed by atoms with Crippen LogP contribution < -0.4 is 5.32 Å². The van der Waals surface area contributed by atoms with E-state index in [1.54, 1.807) is 12.1 Å². The summed E-state index contributed by atoms with van der Waals surface area (Å²) in [5, 5.41) is 3.69. The predicted octanol–water partition coefficient (Wildman–Crippen LogP) is 5.33. The molecule has 120 valence electrons. The van der Waals surface area contributed by atoms with Crippen molar-refractivity contribution in [3.63, 3.8) is 0 Å². The SMILES string of the molecule is O=C(Nc1ccc(Cl)cc1)C1CCC(Cc2ccccc2)CC1. The number of nitrogens with one attached hydrogen (secondary N) is 1. The summed E-state index contributed by atoms with van der Waals surface area (Å²) in [5.74, 6) is 0.986. The molecule has 1 amide bonds. The maximum absolute atomic E-state index is 12.4.